The Bertz CT molecular complexity index is 637. The van der Waals surface area contributed by atoms with Gasteiger partial charge in [0.2, 0.25) is 0 Å². The summed E-state index contributed by atoms with van der Waals surface area (Å²) in [5.74, 6) is 0.878. The molecule has 5 nitrogen and oxygen atoms in total. The Morgan fingerprint density at radius 2 is 2.18 bits per heavy atom. The molecule has 0 aliphatic rings. The topological polar surface area (TPSA) is 47.2 Å². The highest BCUT2D eigenvalue weighted by Crippen LogP contribution is 2.11. The maximum Gasteiger partial charge on any atom is 0.148 e. The summed E-state index contributed by atoms with van der Waals surface area (Å²) in [4.78, 5) is 0. The van der Waals surface area contributed by atoms with Crippen LogP contribution < -0.4 is 5.32 Å². The zero-order chi connectivity index (χ0) is 11.7. The van der Waals surface area contributed by atoms with Gasteiger partial charge in [-0.25, -0.2) is 4.52 Å². The van der Waals surface area contributed by atoms with Crippen LogP contribution in [0, 0.1) is 0 Å². The number of pyridine rings is 1. The Kier molecular flexibility index (Phi) is 2.29. The molecule has 17 heavy (non-hydrogen) atoms. The molecule has 3 rings (SSSR count). The molecule has 0 spiro atoms. The molecular formula is C12H13N5. The lowest BCUT2D eigenvalue weighted by atomic mass is 10.2. The lowest BCUT2D eigenvalue weighted by molar-refractivity contribution is 0.768. The molecule has 0 fully saturated rings. The SMILES string of the molecule is Cn1ccc(NCc2cnn3ccccc23)n1. The largest absolute Gasteiger partial charge is 0.364 e. The number of nitrogens with zero attached hydrogens (tertiary/aromatic N) is 4. The summed E-state index contributed by atoms with van der Waals surface area (Å²) in [5, 5.41) is 11.8. The van der Waals surface area contributed by atoms with Gasteiger partial charge in [-0.1, -0.05) is 6.07 Å². The molecule has 0 saturated heterocycles. The van der Waals surface area contributed by atoms with Crippen molar-refractivity contribution in [1.82, 2.24) is 19.4 Å². The van der Waals surface area contributed by atoms with E-state index in [9.17, 15) is 0 Å². The lowest BCUT2D eigenvalue weighted by Gasteiger charge is -2.01. The Balaban J connectivity index is 1.81. The van der Waals surface area contributed by atoms with Gasteiger partial charge in [0.15, 0.2) is 0 Å². The molecule has 0 atom stereocenters. The van der Waals surface area contributed by atoms with Crippen LogP contribution in [0.4, 0.5) is 5.82 Å². The van der Waals surface area contributed by atoms with E-state index in [4.69, 9.17) is 0 Å². The molecule has 0 bridgehead atoms. The molecule has 5 heteroatoms. The number of nitrogens with one attached hydrogen (secondary N) is 1. The molecule has 0 unspecified atom stereocenters. The monoisotopic (exact) mass is 227 g/mol. The van der Waals surface area contributed by atoms with Crippen LogP contribution in [0.2, 0.25) is 0 Å². The minimum absolute atomic E-state index is 0.727. The second kappa shape index (κ2) is 3.93. The maximum absolute atomic E-state index is 4.29. The smallest absolute Gasteiger partial charge is 0.148 e. The summed E-state index contributed by atoms with van der Waals surface area (Å²) in [5.41, 5.74) is 2.28. The molecule has 0 aliphatic heterocycles. The van der Waals surface area contributed by atoms with Crippen molar-refractivity contribution < 1.29 is 0 Å². The first-order valence-electron chi connectivity index (χ1n) is 5.48. The third-order valence-electron chi connectivity index (χ3n) is 2.68. The molecule has 0 amide bonds. The van der Waals surface area contributed by atoms with Crippen LogP contribution in [-0.2, 0) is 13.6 Å². The average molecular weight is 227 g/mol. The molecule has 86 valence electrons. The number of anilines is 1. The predicted molar refractivity (Wildman–Crippen MR) is 65.7 cm³/mol. The molecule has 3 aromatic heterocycles. The van der Waals surface area contributed by atoms with Crippen molar-refractivity contribution >= 4 is 11.3 Å². The second-order valence-corrected chi connectivity index (χ2v) is 3.93. The summed E-state index contributed by atoms with van der Waals surface area (Å²) in [7, 11) is 1.90. The van der Waals surface area contributed by atoms with Crippen molar-refractivity contribution in [2.24, 2.45) is 7.05 Å². The van der Waals surface area contributed by atoms with E-state index < -0.39 is 0 Å². The van der Waals surface area contributed by atoms with E-state index in [1.807, 2.05) is 48.4 Å². The Hall–Kier alpha value is -2.30. The molecule has 0 radical (unpaired) electrons. The van der Waals surface area contributed by atoms with Gasteiger partial charge in [-0.3, -0.25) is 4.68 Å². The zero-order valence-corrected chi connectivity index (χ0v) is 9.54. The van der Waals surface area contributed by atoms with E-state index in [-0.39, 0.29) is 0 Å². The highest BCUT2D eigenvalue weighted by Gasteiger charge is 2.03. The Labute approximate surface area is 98.7 Å². The van der Waals surface area contributed by atoms with E-state index in [0.717, 1.165) is 23.4 Å². The van der Waals surface area contributed by atoms with E-state index in [0.29, 0.717) is 0 Å². The van der Waals surface area contributed by atoms with Crippen LogP contribution in [0.15, 0.2) is 42.9 Å². The van der Waals surface area contributed by atoms with Crippen LogP contribution in [0.5, 0.6) is 0 Å². The fraction of sp³-hybridized carbons (Fsp3) is 0.167. The van der Waals surface area contributed by atoms with Crippen molar-refractivity contribution in [3.05, 3.63) is 48.4 Å². The first-order valence-corrected chi connectivity index (χ1v) is 5.48. The van der Waals surface area contributed by atoms with Gasteiger partial charge in [0.05, 0.1) is 11.7 Å². The van der Waals surface area contributed by atoms with Gasteiger partial charge in [0, 0.05) is 37.6 Å². The van der Waals surface area contributed by atoms with E-state index >= 15 is 0 Å². The third kappa shape index (κ3) is 1.87. The van der Waals surface area contributed by atoms with Crippen LogP contribution in [0.3, 0.4) is 0 Å². The number of hydrogen-bond acceptors (Lipinski definition) is 3. The first-order chi connectivity index (χ1) is 8.33. The number of aromatic nitrogens is 4. The fourth-order valence-corrected chi connectivity index (χ4v) is 1.82. The molecule has 3 aromatic rings. The minimum atomic E-state index is 0.727. The summed E-state index contributed by atoms with van der Waals surface area (Å²) < 4.78 is 3.65. The normalized spacial score (nSPS) is 10.9. The molecule has 0 aromatic carbocycles. The van der Waals surface area contributed by atoms with Crippen molar-refractivity contribution in [3.8, 4) is 0 Å². The summed E-state index contributed by atoms with van der Waals surface area (Å²) in [6.45, 7) is 0.727. The van der Waals surface area contributed by atoms with Crippen LogP contribution >= 0.6 is 0 Å². The highest BCUT2D eigenvalue weighted by molar-refractivity contribution is 5.54. The van der Waals surface area contributed by atoms with Gasteiger partial charge in [-0.15, -0.1) is 0 Å². The van der Waals surface area contributed by atoms with E-state index in [1.165, 1.54) is 0 Å². The number of hydrogen-bond donors (Lipinski definition) is 1. The van der Waals surface area contributed by atoms with Gasteiger partial charge in [0.25, 0.3) is 0 Å². The van der Waals surface area contributed by atoms with Crippen LogP contribution in [0.1, 0.15) is 5.56 Å². The quantitative estimate of drug-likeness (QED) is 0.740. The van der Waals surface area contributed by atoms with Gasteiger partial charge >= 0.3 is 0 Å². The van der Waals surface area contributed by atoms with Gasteiger partial charge in [-0.2, -0.15) is 10.2 Å². The average Bonchev–Trinajstić information content (AvgIpc) is 2.93. The Morgan fingerprint density at radius 3 is 3.00 bits per heavy atom. The minimum Gasteiger partial charge on any atom is -0.364 e. The predicted octanol–water partition coefficient (Wildman–Crippen LogP) is 1.68. The number of rotatable bonds is 3. The van der Waals surface area contributed by atoms with Crippen LogP contribution in [-0.4, -0.2) is 19.4 Å². The van der Waals surface area contributed by atoms with Gasteiger partial charge in [0.1, 0.15) is 5.82 Å². The molecule has 3 heterocycles. The van der Waals surface area contributed by atoms with Crippen molar-refractivity contribution in [3.63, 3.8) is 0 Å². The lowest BCUT2D eigenvalue weighted by Crippen LogP contribution is -2.00. The van der Waals surface area contributed by atoms with Gasteiger partial charge < -0.3 is 5.32 Å². The maximum atomic E-state index is 4.29. The van der Waals surface area contributed by atoms with Crippen LogP contribution in [0.25, 0.3) is 5.52 Å². The Morgan fingerprint density at radius 1 is 1.24 bits per heavy atom. The fourth-order valence-electron chi connectivity index (χ4n) is 1.82. The van der Waals surface area contributed by atoms with Crippen molar-refractivity contribution in [2.75, 3.05) is 5.32 Å². The number of aryl methyl sites for hydroxylation is 1. The zero-order valence-electron chi connectivity index (χ0n) is 9.54. The molecule has 0 saturated carbocycles. The molecule has 1 N–H and O–H groups in total. The van der Waals surface area contributed by atoms with Crippen molar-refractivity contribution in [2.45, 2.75) is 6.54 Å². The second-order valence-electron chi connectivity index (χ2n) is 3.93. The summed E-state index contributed by atoms with van der Waals surface area (Å²) in [6.07, 6.45) is 5.74. The summed E-state index contributed by atoms with van der Waals surface area (Å²) in [6, 6.07) is 7.99. The molecular weight excluding hydrogens is 214 g/mol. The molecule has 0 aliphatic carbocycles. The first kappa shape index (κ1) is 9.89. The van der Waals surface area contributed by atoms with E-state index in [2.05, 4.69) is 21.6 Å². The van der Waals surface area contributed by atoms with Gasteiger partial charge in [-0.05, 0) is 12.1 Å². The number of fused-ring (bicyclic) bond motifs is 1. The third-order valence-corrected chi connectivity index (χ3v) is 2.68. The standard InChI is InChI=1S/C12H13N5/c1-16-7-5-12(15-16)13-8-10-9-14-17-6-3-2-4-11(10)17/h2-7,9H,8H2,1H3,(H,13,15). The highest BCUT2D eigenvalue weighted by atomic mass is 15.3. The summed E-state index contributed by atoms with van der Waals surface area (Å²) >= 11 is 0. The van der Waals surface area contributed by atoms with E-state index in [1.54, 1.807) is 4.68 Å². The van der Waals surface area contributed by atoms with Crippen molar-refractivity contribution in [1.29, 1.82) is 0 Å².